The van der Waals surface area contributed by atoms with Crippen molar-refractivity contribution >= 4 is 11.8 Å². The number of carbonyl (C=O) groups is 2. The molecule has 0 aromatic heterocycles. The number of hydrogen-bond donors (Lipinski definition) is 1. The van der Waals surface area contributed by atoms with Crippen molar-refractivity contribution in [3.63, 3.8) is 0 Å². The van der Waals surface area contributed by atoms with E-state index in [4.69, 9.17) is 4.74 Å². The molecule has 0 saturated carbocycles. The van der Waals surface area contributed by atoms with Gasteiger partial charge < -0.3 is 9.84 Å². The van der Waals surface area contributed by atoms with Crippen molar-refractivity contribution in [1.82, 2.24) is 4.90 Å². The fraction of sp³-hybridized carbons (Fsp3) is 0.500. The van der Waals surface area contributed by atoms with Gasteiger partial charge in [-0.05, 0) is 12.5 Å². The summed E-state index contributed by atoms with van der Waals surface area (Å²) in [7, 11) is 0. The second kappa shape index (κ2) is 4.93. The standard InChI is InChI=1S/C16H19NO4/c1-15(12-5-3-2-4-6-12)9-13(18)17(14(15)19)10-16(20)7-8-21-11-16/h2-6,20H,7-11H2,1H3. The number of amides is 2. The lowest BCUT2D eigenvalue weighted by atomic mass is 9.81. The molecule has 1 N–H and O–H groups in total. The Morgan fingerprint density at radius 2 is 2.00 bits per heavy atom. The van der Waals surface area contributed by atoms with Gasteiger partial charge in [0.15, 0.2) is 0 Å². The molecule has 112 valence electrons. The van der Waals surface area contributed by atoms with Gasteiger partial charge in [-0.1, -0.05) is 30.3 Å². The minimum atomic E-state index is -1.10. The summed E-state index contributed by atoms with van der Waals surface area (Å²) in [4.78, 5) is 26.2. The molecule has 3 rings (SSSR count). The molecule has 0 bridgehead atoms. The van der Waals surface area contributed by atoms with E-state index < -0.39 is 11.0 Å². The van der Waals surface area contributed by atoms with Crippen molar-refractivity contribution in [2.45, 2.75) is 30.8 Å². The molecule has 0 radical (unpaired) electrons. The molecule has 0 aliphatic carbocycles. The Kier molecular flexibility index (Phi) is 3.34. The zero-order chi connectivity index (χ0) is 15.1. The van der Waals surface area contributed by atoms with E-state index in [0.717, 1.165) is 5.56 Å². The van der Waals surface area contributed by atoms with Crippen LogP contribution in [0.25, 0.3) is 0 Å². The number of aliphatic hydroxyl groups is 1. The third-order valence-corrected chi connectivity index (χ3v) is 4.47. The molecule has 2 aliphatic rings. The summed E-state index contributed by atoms with van der Waals surface area (Å²) in [5.74, 6) is -0.467. The van der Waals surface area contributed by atoms with Gasteiger partial charge in [0.05, 0.1) is 18.6 Å². The van der Waals surface area contributed by atoms with Crippen molar-refractivity contribution in [2.24, 2.45) is 0 Å². The molecular formula is C16H19NO4. The minimum Gasteiger partial charge on any atom is -0.386 e. The quantitative estimate of drug-likeness (QED) is 0.838. The van der Waals surface area contributed by atoms with Gasteiger partial charge in [0.2, 0.25) is 11.8 Å². The Labute approximate surface area is 123 Å². The van der Waals surface area contributed by atoms with Crippen LogP contribution in [0.4, 0.5) is 0 Å². The highest BCUT2D eigenvalue weighted by Gasteiger charge is 2.51. The highest BCUT2D eigenvalue weighted by atomic mass is 16.5. The van der Waals surface area contributed by atoms with Crippen molar-refractivity contribution in [3.8, 4) is 0 Å². The van der Waals surface area contributed by atoms with Crippen LogP contribution in [0.5, 0.6) is 0 Å². The van der Waals surface area contributed by atoms with Gasteiger partial charge in [-0.25, -0.2) is 0 Å². The number of hydrogen-bond acceptors (Lipinski definition) is 4. The van der Waals surface area contributed by atoms with Crippen molar-refractivity contribution in [3.05, 3.63) is 35.9 Å². The van der Waals surface area contributed by atoms with E-state index in [0.29, 0.717) is 13.0 Å². The summed E-state index contributed by atoms with van der Waals surface area (Å²) in [5, 5.41) is 10.4. The summed E-state index contributed by atoms with van der Waals surface area (Å²) in [5.41, 5.74) is -1.11. The van der Waals surface area contributed by atoms with Gasteiger partial charge in [-0.2, -0.15) is 0 Å². The minimum absolute atomic E-state index is 0.0209. The third-order valence-electron chi connectivity index (χ3n) is 4.47. The van der Waals surface area contributed by atoms with Crippen LogP contribution >= 0.6 is 0 Å². The second-order valence-corrected chi connectivity index (χ2v) is 6.19. The zero-order valence-electron chi connectivity index (χ0n) is 12.0. The predicted molar refractivity (Wildman–Crippen MR) is 75.5 cm³/mol. The number of ether oxygens (including phenoxy) is 1. The molecule has 2 saturated heterocycles. The van der Waals surface area contributed by atoms with Gasteiger partial charge in [-0.15, -0.1) is 0 Å². The van der Waals surface area contributed by atoms with Crippen LogP contribution in [0.3, 0.4) is 0 Å². The predicted octanol–water partition coefficient (Wildman–Crippen LogP) is 0.855. The zero-order valence-corrected chi connectivity index (χ0v) is 12.0. The normalized spacial score (nSPS) is 33.0. The van der Waals surface area contributed by atoms with Gasteiger partial charge in [0.25, 0.3) is 0 Å². The molecule has 2 fully saturated rings. The first-order valence-corrected chi connectivity index (χ1v) is 7.15. The number of imide groups is 1. The largest absolute Gasteiger partial charge is 0.386 e. The lowest BCUT2D eigenvalue weighted by Crippen LogP contribution is -2.47. The molecule has 2 aliphatic heterocycles. The smallest absolute Gasteiger partial charge is 0.240 e. The number of nitrogens with zero attached hydrogens (tertiary/aromatic N) is 1. The number of likely N-dealkylation sites (tertiary alicyclic amines) is 1. The first kappa shape index (κ1) is 14.2. The Balaban J connectivity index is 1.85. The van der Waals surface area contributed by atoms with Crippen molar-refractivity contribution < 1.29 is 19.4 Å². The van der Waals surface area contributed by atoms with Gasteiger partial charge in [-0.3, -0.25) is 14.5 Å². The first-order valence-electron chi connectivity index (χ1n) is 7.15. The summed E-state index contributed by atoms with van der Waals surface area (Å²) >= 11 is 0. The summed E-state index contributed by atoms with van der Waals surface area (Å²) < 4.78 is 5.18. The van der Waals surface area contributed by atoms with E-state index in [1.165, 1.54) is 4.90 Å². The van der Waals surface area contributed by atoms with Crippen LogP contribution in [0.2, 0.25) is 0 Å². The Hall–Kier alpha value is -1.72. The third kappa shape index (κ3) is 2.36. The van der Waals surface area contributed by atoms with Crippen LogP contribution in [0, 0.1) is 0 Å². The summed E-state index contributed by atoms with van der Waals surface area (Å²) in [6.07, 6.45) is 0.596. The van der Waals surface area contributed by atoms with Crippen LogP contribution < -0.4 is 0 Å². The van der Waals surface area contributed by atoms with Crippen LogP contribution in [0.15, 0.2) is 30.3 Å². The van der Waals surface area contributed by atoms with E-state index >= 15 is 0 Å². The number of rotatable bonds is 3. The SMILES string of the molecule is CC1(c2ccccc2)CC(=O)N(CC2(O)CCOC2)C1=O. The fourth-order valence-corrected chi connectivity index (χ4v) is 3.09. The van der Waals surface area contributed by atoms with Crippen LogP contribution in [0.1, 0.15) is 25.3 Å². The van der Waals surface area contributed by atoms with E-state index in [1.54, 1.807) is 6.92 Å². The van der Waals surface area contributed by atoms with Gasteiger partial charge in [0, 0.05) is 19.4 Å². The highest BCUT2D eigenvalue weighted by molar-refractivity contribution is 6.08. The second-order valence-electron chi connectivity index (χ2n) is 6.19. The van der Waals surface area contributed by atoms with E-state index in [2.05, 4.69) is 0 Å². The lowest BCUT2D eigenvalue weighted by Gasteiger charge is -2.28. The lowest BCUT2D eigenvalue weighted by molar-refractivity contribution is -0.143. The van der Waals surface area contributed by atoms with E-state index in [1.807, 2.05) is 30.3 Å². The van der Waals surface area contributed by atoms with E-state index in [9.17, 15) is 14.7 Å². The number of benzene rings is 1. The molecule has 5 heteroatoms. The molecular weight excluding hydrogens is 270 g/mol. The fourth-order valence-electron chi connectivity index (χ4n) is 3.09. The van der Waals surface area contributed by atoms with E-state index in [-0.39, 0.29) is 31.4 Å². The number of β-amino-alcohol motifs (C(OH)–C–C–N with tert-alkyl or cyclic N) is 1. The molecule has 2 atom stereocenters. The molecule has 1 aromatic carbocycles. The average Bonchev–Trinajstić information content (AvgIpc) is 2.99. The monoisotopic (exact) mass is 289 g/mol. The molecule has 0 spiro atoms. The average molecular weight is 289 g/mol. The Morgan fingerprint density at radius 3 is 2.62 bits per heavy atom. The highest BCUT2D eigenvalue weighted by Crippen LogP contribution is 2.37. The van der Waals surface area contributed by atoms with Crippen LogP contribution in [-0.4, -0.2) is 47.2 Å². The molecule has 5 nitrogen and oxygen atoms in total. The van der Waals surface area contributed by atoms with Gasteiger partial charge >= 0.3 is 0 Å². The molecule has 1 aromatic rings. The maximum absolute atomic E-state index is 12.7. The molecule has 21 heavy (non-hydrogen) atoms. The molecule has 2 heterocycles. The summed E-state index contributed by atoms with van der Waals surface area (Å²) in [6, 6.07) is 9.33. The maximum atomic E-state index is 12.7. The topological polar surface area (TPSA) is 66.8 Å². The Bertz CT molecular complexity index is 565. The Morgan fingerprint density at radius 1 is 1.29 bits per heavy atom. The first-order chi connectivity index (χ1) is 9.95. The molecule has 2 amide bonds. The summed E-state index contributed by atoms with van der Waals surface area (Å²) in [6.45, 7) is 2.44. The number of carbonyl (C=O) groups excluding carboxylic acids is 2. The van der Waals surface area contributed by atoms with Crippen LogP contribution in [-0.2, 0) is 19.7 Å². The van der Waals surface area contributed by atoms with Gasteiger partial charge in [0.1, 0.15) is 5.60 Å². The maximum Gasteiger partial charge on any atom is 0.240 e. The van der Waals surface area contributed by atoms with Crippen molar-refractivity contribution in [1.29, 1.82) is 0 Å². The van der Waals surface area contributed by atoms with Crippen molar-refractivity contribution in [2.75, 3.05) is 19.8 Å². The molecule has 2 unspecified atom stereocenters.